The summed E-state index contributed by atoms with van der Waals surface area (Å²) < 4.78 is 16.6. The highest BCUT2D eigenvalue weighted by molar-refractivity contribution is 5.68. The van der Waals surface area contributed by atoms with Crippen LogP contribution in [0.3, 0.4) is 0 Å². The Hall–Kier alpha value is -1.91. The predicted octanol–water partition coefficient (Wildman–Crippen LogP) is 4.01. The van der Waals surface area contributed by atoms with Gasteiger partial charge in [-0.15, -0.1) is 0 Å². The van der Waals surface area contributed by atoms with Crippen LogP contribution in [0.4, 0.5) is 4.79 Å². The fraction of sp³-hybridized carbons (Fsp3) is 0.632. The van der Waals surface area contributed by atoms with E-state index in [4.69, 9.17) is 14.2 Å². The molecule has 1 aliphatic carbocycles. The fourth-order valence-corrected chi connectivity index (χ4v) is 3.41. The lowest BCUT2D eigenvalue weighted by atomic mass is 9.81. The Bertz CT molecular complexity index is 594. The van der Waals surface area contributed by atoms with Gasteiger partial charge in [-0.25, -0.2) is 4.79 Å². The van der Waals surface area contributed by atoms with Crippen LogP contribution in [0, 0.1) is 0 Å². The molecule has 1 aromatic carbocycles. The number of hydrogen-bond acceptors (Lipinski definition) is 4. The zero-order valence-electron chi connectivity index (χ0n) is 14.8. The number of fused-ring (bicyclic) bond motifs is 1. The zero-order chi connectivity index (χ0) is 17.2. The first kappa shape index (κ1) is 16.9. The molecule has 0 radical (unpaired) electrons. The van der Waals surface area contributed by atoms with Crippen molar-refractivity contribution in [1.29, 1.82) is 0 Å². The maximum Gasteiger partial charge on any atom is 0.407 e. The van der Waals surface area contributed by atoms with Crippen molar-refractivity contribution in [3.8, 4) is 11.5 Å². The molecule has 2 aliphatic rings. The van der Waals surface area contributed by atoms with Gasteiger partial charge in [-0.05, 0) is 63.6 Å². The highest BCUT2D eigenvalue weighted by Crippen LogP contribution is 2.38. The van der Waals surface area contributed by atoms with Crippen molar-refractivity contribution in [2.45, 2.75) is 64.0 Å². The molecule has 5 heteroatoms. The molecule has 0 spiro atoms. The smallest absolute Gasteiger partial charge is 0.407 e. The van der Waals surface area contributed by atoms with Crippen LogP contribution >= 0.6 is 0 Å². The molecule has 5 nitrogen and oxygen atoms in total. The summed E-state index contributed by atoms with van der Waals surface area (Å²) in [4.78, 5) is 12.0. The van der Waals surface area contributed by atoms with Gasteiger partial charge in [0, 0.05) is 6.04 Å². The summed E-state index contributed by atoms with van der Waals surface area (Å²) in [5, 5.41) is 3.02. The maximum atomic E-state index is 12.0. The van der Waals surface area contributed by atoms with Crippen molar-refractivity contribution in [3.05, 3.63) is 23.8 Å². The molecule has 3 rings (SSSR count). The minimum atomic E-state index is -0.464. The summed E-state index contributed by atoms with van der Waals surface area (Å²) in [5.41, 5.74) is 0.795. The number of ether oxygens (including phenoxy) is 3. The largest absolute Gasteiger partial charge is 0.486 e. The number of hydrogen-bond donors (Lipinski definition) is 1. The van der Waals surface area contributed by atoms with E-state index in [0.29, 0.717) is 19.1 Å². The lowest BCUT2D eigenvalue weighted by molar-refractivity contribution is 0.0490. The summed E-state index contributed by atoms with van der Waals surface area (Å²) in [5.74, 6) is 2.08. The van der Waals surface area contributed by atoms with Gasteiger partial charge in [-0.1, -0.05) is 12.5 Å². The van der Waals surface area contributed by atoms with Crippen molar-refractivity contribution in [1.82, 2.24) is 5.32 Å². The Labute approximate surface area is 143 Å². The summed E-state index contributed by atoms with van der Waals surface area (Å²) in [6, 6.07) is 6.37. The predicted molar refractivity (Wildman–Crippen MR) is 91.8 cm³/mol. The van der Waals surface area contributed by atoms with E-state index in [2.05, 4.69) is 17.4 Å². The maximum absolute atomic E-state index is 12.0. The molecule has 0 saturated heterocycles. The second kappa shape index (κ2) is 6.91. The van der Waals surface area contributed by atoms with Gasteiger partial charge in [0.05, 0.1) is 0 Å². The zero-order valence-corrected chi connectivity index (χ0v) is 14.8. The van der Waals surface area contributed by atoms with Crippen LogP contribution in [0.5, 0.6) is 11.5 Å². The second-order valence-corrected chi connectivity index (χ2v) is 7.61. The fourth-order valence-electron chi connectivity index (χ4n) is 3.41. The van der Waals surface area contributed by atoms with E-state index in [-0.39, 0.29) is 12.1 Å². The van der Waals surface area contributed by atoms with Crippen molar-refractivity contribution < 1.29 is 19.0 Å². The van der Waals surface area contributed by atoms with Gasteiger partial charge in [-0.2, -0.15) is 0 Å². The monoisotopic (exact) mass is 333 g/mol. The minimum absolute atomic E-state index is 0.159. The summed E-state index contributed by atoms with van der Waals surface area (Å²) >= 11 is 0. The standard InChI is InChI=1S/C19H27NO4/c1-19(2,3)24-18(21)20-15-6-4-5-13(11-15)14-7-8-16-17(12-14)23-10-9-22-16/h7-8,12-13,15H,4-6,9-11H2,1-3H3,(H,20,21)/t13-,15+/m0/s1. The molecular weight excluding hydrogens is 306 g/mol. The van der Waals surface area contributed by atoms with Gasteiger partial charge in [0.2, 0.25) is 0 Å². The summed E-state index contributed by atoms with van der Waals surface area (Å²) in [6.45, 7) is 6.85. The van der Waals surface area contributed by atoms with Crippen molar-refractivity contribution >= 4 is 6.09 Å². The number of nitrogens with one attached hydrogen (secondary N) is 1. The quantitative estimate of drug-likeness (QED) is 0.888. The highest BCUT2D eigenvalue weighted by atomic mass is 16.6. The summed E-state index contributed by atoms with van der Waals surface area (Å²) in [7, 11) is 0. The van der Waals surface area contributed by atoms with Gasteiger partial charge in [0.25, 0.3) is 0 Å². The third kappa shape index (κ3) is 4.34. The molecule has 1 saturated carbocycles. The second-order valence-electron chi connectivity index (χ2n) is 7.61. The van der Waals surface area contributed by atoms with Crippen molar-refractivity contribution in [2.75, 3.05) is 13.2 Å². The molecule has 132 valence electrons. The van der Waals surface area contributed by atoms with Crippen molar-refractivity contribution in [3.63, 3.8) is 0 Å². The van der Waals surface area contributed by atoms with Gasteiger partial charge in [0.1, 0.15) is 18.8 Å². The van der Waals surface area contributed by atoms with E-state index >= 15 is 0 Å². The van der Waals surface area contributed by atoms with Crippen LogP contribution in [-0.2, 0) is 4.74 Å². The first-order valence-corrected chi connectivity index (χ1v) is 8.80. The van der Waals surface area contributed by atoms with E-state index < -0.39 is 5.60 Å². The molecule has 1 amide bonds. The SMILES string of the molecule is CC(C)(C)OC(=O)N[C@@H]1CCC[C@H](c2ccc3c(c2)OCCO3)C1. The molecular formula is C19H27NO4. The van der Waals surface area contributed by atoms with E-state index in [1.54, 1.807) is 0 Å². The summed E-state index contributed by atoms with van der Waals surface area (Å²) in [6.07, 6.45) is 3.83. The van der Waals surface area contributed by atoms with Crippen LogP contribution in [0.25, 0.3) is 0 Å². The van der Waals surface area contributed by atoms with Crippen LogP contribution < -0.4 is 14.8 Å². The average Bonchev–Trinajstić information content (AvgIpc) is 2.53. The first-order chi connectivity index (χ1) is 11.4. The molecule has 0 unspecified atom stereocenters. The molecule has 1 N–H and O–H groups in total. The Balaban J connectivity index is 1.62. The molecule has 1 aromatic rings. The van der Waals surface area contributed by atoms with Crippen LogP contribution in [-0.4, -0.2) is 30.9 Å². The number of alkyl carbamates (subject to hydrolysis) is 1. The van der Waals surface area contributed by atoms with Gasteiger partial charge >= 0.3 is 6.09 Å². The Morgan fingerprint density at radius 3 is 2.67 bits per heavy atom. The van der Waals surface area contributed by atoms with Gasteiger partial charge in [0.15, 0.2) is 11.5 Å². The van der Waals surface area contributed by atoms with Crippen molar-refractivity contribution in [2.24, 2.45) is 0 Å². The third-order valence-corrected chi connectivity index (χ3v) is 4.43. The molecule has 1 fully saturated rings. The lowest BCUT2D eigenvalue weighted by Gasteiger charge is -2.31. The average molecular weight is 333 g/mol. The van der Waals surface area contributed by atoms with Crippen LogP contribution in [0.15, 0.2) is 18.2 Å². The molecule has 0 bridgehead atoms. The van der Waals surface area contributed by atoms with E-state index in [1.807, 2.05) is 26.8 Å². The Morgan fingerprint density at radius 2 is 1.92 bits per heavy atom. The topological polar surface area (TPSA) is 56.8 Å². The van der Waals surface area contributed by atoms with E-state index in [0.717, 1.165) is 37.2 Å². The number of benzene rings is 1. The Kier molecular flexibility index (Phi) is 4.88. The third-order valence-electron chi connectivity index (χ3n) is 4.43. The number of carbonyl (C=O) groups is 1. The molecule has 24 heavy (non-hydrogen) atoms. The molecule has 1 heterocycles. The first-order valence-electron chi connectivity index (χ1n) is 8.80. The van der Waals surface area contributed by atoms with Crippen LogP contribution in [0.2, 0.25) is 0 Å². The number of carbonyl (C=O) groups excluding carboxylic acids is 1. The highest BCUT2D eigenvalue weighted by Gasteiger charge is 2.27. The molecule has 2 atom stereocenters. The van der Waals surface area contributed by atoms with E-state index in [1.165, 1.54) is 5.56 Å². The van der Waals surface area contributed by atoms with E-state index in [9.17, 15) is 4.79 Å². The Morgan fingerprint density at radius 1 is 1.17 bits per heavy atom. The molecule has 1 aliphatic heterocycles. The minimum Gasteiger partial charge on any atom is -0.486 e. The normalized spacial score (nSPS) is 23.5. The number of amides is 1. The van der Waals surface area contributed by atoms with Gasteiger partial charge in [-0.3, -0.25) is 0 Å². The number of rotatable bonds is 2. The molecule has 0 aromatic heterocycles. The lowest BCUT2D eigenvalue weighted by Crippen LogP contribution is -2.41. The van der Waals surface area contributed by atoms with Gasteiger partial charge < -0.3 is 19.5 Å². The van der Waals surface area contributed by atoms with Crippen LogP contribution in [0.1, 0.15) is 57.9 Å².